The van der Waals surface area contributed by atoms with Gasteiger partial charge in [0.2, 0.25) is 0 Å². The zero-order valence-corrected chi connectivity index (χ0v) is 25.1. The van der Waals surface area contributed by atoms with E-state index in [4.69, 9.17) is 4.74 Å². The fourth-order valence-electron chi connectivity index (χ4n) is 10.2. The predicted octanol–water partition coefficient (Wildman–Crippen LogP) is 9.66. The highest BCUT2D eigenvalue weighted by molar-refractivity contribution is 5.79. The molecule has 2 nitrogen and oxygen atoms in total. The van der Waals surface area contributed by atoms with Crippen molar-refractivity contribution in [2.75, 3.05) is 0 Å². The summed E-state index contributed by atoms with van der Waals surface area (Å²) in [6.07, 6.45) is 16.2. The Hall–Kier alpha value is -2.61. The first-order chi connectivity index (χ1) is 19.3. The SMILES string of the molecule is CC(=O)O[C@H]1CCCC2=CC[C@H]3[C@@H]4CC[C@H]([C@@H](C)CC=C(c5ccccc5)c5ccccc5)[C@@]4(C)CC[C@@H]3[C@]21C. The Bertz CT molecular complexity index is 1220. The number of allylic oxidation sites excluding steroid dienone is 2. The summed E-state index contributed by atoms with van der Waals surface area (Å²) in [6, 6.07) is 21.8. The van der Waals surface area contributed by atoms with Crippen molar-refractivity contribution >= 4 is 11.5 Å². The molecule has 0 bridgehead atoms. The number of ether oxygens (including phenoxy) is 1. The Kier molecular flexibility index (Phi) is 7.57. The van der Waals surface area contributed by atoms with E-state index >= 15 is 0 Å². The van der Waals surface area contributed by atoms with E-state index in [9.17, 15) is 4.79 Å². The van der Waals surface area contributed by atoms with E-state index < -0.39 is 0 Å². The molecule has 4 aliphatic rings. The Labute approximate surface area is 242 Å². The highest BCUT2D eigenvalue weighted by Gasteiger charge is 2.61. The van der Waals surface area contributed by atoms with Crippen LogP contribution in [0, 0.1) is 40.4 Å². The summed E-state index contributed by atoms with van der Waals surface area (Å²) in [6.45, 7) is 9.22. The van der Waals surface area contributed by atoms with Crippen LogP contribution in [0.25, 0.3) is 5.57 Å². The van der Waals surface area contributed by atoms with Crippen LogP contribution in [-0.4, -0.2) is 12.1 Å². The fraction of sp³-hybridized carbons (Fsp3) is 0.553. The monoisotopic (exact) mass is 536 g/mol. The van der Waals surface area contributed by atoms with Gasteiger partial charge < -0.3 is 4.74 Å². The van der Waals surface area contributed by atoms with Crippen molar-refractivity contribution in [3.05, 3.63) is 89.5 Å². The van der Waals surface area contributed by atoms with E-state index in [1.165, 1.54) is 55.2 Å². The Morgan fingerprint density at radius 3 is 2.27 bits per heavy atom. The molecule has 0 saturated heterocycles. The number of fused-ring (bicyclic) bond motifs is 5. The third kappa shape index (κ3) is 4.70. The second-order valence-corrected chi connectivity index (χ2v) is 13.9. The minimum Gasteiger partial charge on any atom is -0.462 e. The van der Waals surface area contributed by atoms with Gasteiger partial charge in [-0.3, -0.25) is 4.79 Å². The first-order valence-corrected chi connectivity index (χ1v) is 16.0. The summed E-state index contributed by atoms with van der Waals surface area (Å²) in [5.41, 5.74) is 6.01. The van der Waals surface area contributed by atoms with E-state index in [-0.39, 0.29) is 17.5 Å². The zero-order valence-electron chi connectivity index (χ0n) is 25.1. The largest absolute Gasteiger partial charge is 0.462 e. The van der Waals surface area contributed by atoms with Crippen LogP contribution in [0.5, 0.6) is 0 Å². The lowest BCUT2D eigenvalue weighted by Gasteiger charge is -2.59. The molecule has 40 heavy (non-hydrogen) atoms. The van der Waals surface area contributed by atoms with Crippen LogP contribution in [-0.2, 0) is 9.53 Å². The van der Waals surface area contributed by atoms with E-state index in [1.807, 2.05) is 0 Å². The molecule has 3 fully saturated rings. The normalized spacial score (nSPS) is 35.4. The van der Waals surface area contributed by atoms with Gasteiger partial charge in [-0.2, -0.15) is 0 Å². The summed E-state index contributed by atoms with van der Waals surface area (Å²) in [7, 11) is 0. The Balaban J connectivity index is 1.23. The van der Waals surface area contributed by atoms with Gasteiger partial charge in [-0.05, 0) is 109 Å². The molecule has 0 unspecified atom stereocenters. The van der Waals surface area contributed by atoms with Crippen molar-refractivity contribution in [3.8, 4) is 0 Å². The van der Waals surface area contributed by atoms with Crippen LogP contribution in [0.2, 0.25) is 0 Å². The number of benzene rings is 2. The summed E-state index contributed by atoms with van der Waals surface area (Å²) in [5.74, 6) is 3.45. The molecule has 3 saturated carbocycles. The Morgan fingerprint density at radius 1 is 0.950 bits per heavy atom. The van der Waals surface area contributed by atoms with Crippen LogP contribution in [0.1, 0.15) is 96.6 Å². The lowest BCUT2D eigenvalue weighted by molar-refractivity contribution is -0.162. The lowest BCUT2D eigenvalue weighted by Crippen LogP contribution is -2.55. The predicted molar refractivity (Wildman–Crippen MR) is 164 cm³/mol. The van der Waals surface area contributed by atoms with Crippen molar-refractivity contribution in [2.45, 2.75) is 91.6 Å². The molecular weight excluding hydrogens is 488 g/mol. The minimum atomic E-state index is -0.108. The van der Waals surface area contributed by atoms with E-state index in [1.54, 1.807) is 12.5 Å². The number of rotatable bonds is 6. The lowest BCUT2D eigenvalue weighted by atomic mass is 9.46. The van der Waals surface area contributed by atoms with Crippen LogP contribution >= 0.6 is 0 Å². The summed E-state index contributed by atoms with van der Waals surface area (Å²) >= 11 is 0. The molecule has 8 atom stereocenters. The van der Waals surface area contributed by atoms with Crippen LogP contribution in [0.15, 0.2) is 78.4 Å². The molecule has 0 radical (unpaired) electrons. The number of carbonyl (C=O) groups is 1. The van der Waals surface area contributed by atoms with E-state index in [0.29, 0.717) is 17.3 Å². The first-order valence-electron chi connectivity index (χ1n) is 16.0. The maximum Gasteiger partial charge on any atom is 0.302 e. The Morgan fingerprint density at radius 2 is 1.62 bits per heavy atom. The van der Waals surface area contributed by atoms with Gasteiger partial charge in [-0.15, -0.1) is 0 Å². The molecule has 2 heteroatoms. The van der Waals surface area contributed by atoms with Gasteiger partial charge in [0.05, 0.1) is 0 Å². The summed E-state index contributed by atoms with van der Waals surface area (Å²) in [5, 5.41) is 0. The molecule has 0 aliphatic heterocycles. The number of esters is 1. The minimum absolute atomic E-state index is 0.0286. The molecule has 2 aromatic carbocycles. The van der Waals surface area contributed by atoms with E-state index in [0.717, 1.165) is 37.0 Å². The molecular formula is C38H48O2. The molecule has 6 rings (SSSR count). The van der Waals surface area contributed by atoms with Gasteiger partial charge in [-0.1, -0.05) is 99.2 Å². The van der Waals surface area contributed by atoms with Gasteiger partial charge in [0.25, 0.3) is 0 Å². The standard InChI is InChI=1S/C38H48O2/c1-26(18-20-31(28-12-7-5-8-13-28)29-14-9-6-10-15-29)33-22-23-34-32-21-19-30-16-11-17-36(40-27(2)39)38(30,4)35(32)24-25-37(33,34)3/h5-10,12-15,19-20,26,32-36H,11,16-18,21-25H2,1-4H3/t26-,32-,33+,34-,35-,36-,37+,38-/m0/s1. The van der Waals surface area contributed by atoms with Crippen molar-refractivity contribution in [1.82, 2.24) is 0 Å². The third-order valence-corrected chi connectivity index (χ3v) is 12.0. The van der Waals surface area contributed by atoms with Crippen molar-refractivity contribution in [3.63, 3.8) is 0 Å². The molecule has 4 aliphatic carbocycles. The number of carbonyl (C=O) groups excluding carboxylic acids is 1. The smallest absolute Gasteiger partial charge is 0.302 e. The van der Waals surface area contributed by atoms with Crippen molar-refractivity contribution in [1.29, 1.82) is 0 Å². The molecule has 0 heterocycles. The molecule has 0 amide bonds. The first kappa shape index (κ1) is 27.6. The fourth-order valence-corrected chi connectivity index (χ4v) is 10.2. The van der Waals surface area contributed by atoms with Gasteiger partial charge in [-0.25, -0.2) is 0 Å². The number of hydrogen-bond acceptors (Lipinski definition) is 2. The maximum absolute atomic E-state index is 12.1. The van der Waals surface area contributed by atoms with E-state index in [2.05, 4.69) is 93.6 Å². The molecule has 212 valence electrons. The maximum atomic E-state index is 12.1. The highest BCUT2D eigenvalue weighted by atomic mass is 16.5. The van der Waals surface area contributed by atoms with Crippen molar-refractivity contribution in [2.24, 2.45) is 40.4 Å². The molecule has 2 aromatic rings. The van der Waals surface area contributed by atoms with Gasteiger partial charge in [0.15, 0.2) is 0 Å². The molecule has 0 spiro atoms. The van der Waals surface area contributed by atoms with Crippen LogP contribution < -0.4 is 0 Å². The van der Waals surface area contributed by atoms with Gasteiger partial charge in [0.1, 0.15) is 6.10 Å². The van der Waals surface area contributed by atoms with Gasteiger partial charge >= 0.3 is 5.97 Å². The quantitative estimate of drug-likeness (QED) is 0.271. The molecule has 0 aromatic heterocycles. The zero-order chi connectivity index (χ0) is 27.9. The van der Waals surface area contributed by atoms with Crippen LogP contribution in [0.3, 0.4) is 0 Å². The van der Waals surface area contributed by atoms with Crippen molar-refractivity contribution < 1.29 is 9.53 Å². The summed E-state index contributed by atoms with van der Waals surface area (Å²) in [4.78, 5) is 12.1. The number of hydrogen-bond donors (Lipinski definition) is 0. The highest BCUT2D eigenvalue weighted by Crippen LogP contribution is 2.67. The van der Waals surface area contributed by atoms with Crippen LogP contribution in [0.4, 0.5) is 0 Å². The average molecular weight is 537 g/mol. The molecule has 0 N–H and O–H groups in total. The average Bonchev–Trinajstić information content (AvgIpc) is 3.32. The summed E-state index contributed by atoms with van der Waals surface area (Å²) < 4.78 is 6.05. The third-order valence-electron chi connectivity index (χ3n) is 12.0. The van der Waals surface area contributed by atoms with Gasteiger partial charge in [0, 0.05) is 12.3 Å². The topological polar surface area (TPSA) is 26.3 Å². The second kappa shape index (κ2) is 11.0. The second-order valence-electron chi connectivity index (χ2n) is 13.9.